The van der Waals surface area contributed by atoms with E-state index >= 15 is 0 Å². The monoisotopic (exact) mass is 478 g/mol. The highest BCUT2D eigenvalue weighted by molar-refractivity contribution is 5.98. The minimum atomic E-state index is -0.505. The molecule has 0 bridgehead atoms. The molecule has 5 rings (SSSR count). The summed E-state index contributed by atoms with van der Waals surface area (Å²) in [4.78, 5) is 31.5. The van der Waals surface area contributed by atoms with Crippen LogP contribution in [0.1, 0.15) is 50.5 Å². The van der Waals surface area contributed by atoms with Crippen LogP contribution in [-0.2, 0) is 11.3 Å². The van der Waals surface area contributed by atoms with Crippen molar-refractivity contribution in [2.45, 2.75) is 57.7 Å². The molecule has 1 aliphatic carbocycles. The van der Waals surface area contributed by atoms with Crippen molar-refractivity contribution >= 4 is 11.9 Å². The summed E-state index contributed by atoms with van der Waals surface area (Å²) in [5.41, 5.74) is 1.13. The van der Waals surface area contributed by atoms with Crippen molar-refractivity contribution in [2.24, 2.45) is 5.92 Å². The third-order valence-electron chi connectivity index (χ3n) is 6.55. The maximum Gasteiger partial charge on any atom is 0.324 e. The Hall–Kier alpha value is -3.75. The van der Waals surface area contributed by atoms with Crippen molar-refractivity contribution in [1.82, 2.24) is 20.4 Å². The molecular weight excluding hydrogens is 451 g/mol. The molecule has 2 heterocycles. The molecule has 3 amide bonds. The minimum absolute atomic E-state index is 0.0627. The van der Waals surface area contributed by atoms with Gasteiger partial charge in [0.15, 0.2) is 0 Å². The molecule has 1 saturated carbocycles. The van der Waals surface area contributed by atoms with Crippen molar-refractivity contribution in [3.8, 4) is 17.1 Å². The molecule has 35 heavy (non-hydrogen) atoms. The van der Waals surface area contributed by atoms with E-state index in [2.05, 4.69) is 15.5 Å². The Morgan fingerprint density at radius 1 is 1.14 bits per heavy atom. The molecule has 182 valence electrons. The second-order valence-corrected chi connectivity index (χ2v) is 9.34. The van der Waals surface area contributed by atoms with Gasteiger partial charge in [-0.05, 0) is 63.4 Å². The number of amides is 3. The summed E-state index contributed by atoms with van der Waals surface area (Å²) in [6.07, 6.45) is 1.87. The molecule has 1 aromatic heterocycles. The fourth-order valence-electron chi connectivity index (χ4n) is 4.81. The fourth-order valence-corrected chi connectivity index (χ4v) is 4.81. The van der Waals surface area contributed by atoms with E-state index in [-0.39, 0.29) is 36.4 Å². The van der Waals surface area contributed by atoms with Gasteiger partial charge in [-0.3, -0.25) is 9.69 Å². The lowest BCUT2D eigenvalue weighted by Gasteiger charge is -2.41. The van der Waals surface area contributed by atoms with Crippen LogP contribution in [0.15, 0.2) is 53.1 Å². The van der Waals surface area contributed by atoms with E-state index < -0.39 is 11.8 Å². The largest absolute Gasteiger partial charge is 0.491 e. The zero-order valence-corrected chi connectivity index (χ0v) is 19.6. The topological polar surface area (TPSA) is 97.6 Å². The van der Waals surface area contributed by atoms with Crippen LogP contribution in [0.25, 0.3) is 11.4 Å². The predicted molar refractivity (Wildman–Crippen MR) is 125 cm³/mol. The number of rotatable bonds is 6. The molecule has 2 fully saturated rings. The van der Waals surface area contributed by atoms with Gasteiger partial charge in [-0.1, -0.05) is 23.4 Å². The van der Waals surface area contributed by atoms with Crippen LogP contribution in [0.3, 0.4) is 0 Å². The summed E-state index contributed by atoms with van der Waals surface area (Å²) in [6.45, 7) is 3.85. The number of hydrogen-bond acceptors (Lipinski definition) is 6. The van der Waals surface area contributed by atoms with Crippen molar-refractivity contribution in [2.75, 3.05) is 0 Å². The Morgan fingerprint density at radius 2 is 1.91 bits per heavy atom. The van der Waals surface area contributed by atoms with Crippen molar-refractivity contribution < 1.29 is 23.2 Å². The Kier molecular flexibility index (Phi) is 6.23. The lowest BCUT2D eigenvalue weighted by Crippen LogP contribution is -2.61. The molecule has 1 N–H and O–H groups in total. The van der Waals surface area contributed by atoms with Gasteiger partial charge in [-0.15, -0.1) is 0 Å². The standard InChI is InChI=1S/C26H27FN4O4/c1-15(2)34-19-10-7-16(8-11-19)23-29-24(35-30-23)17-9-12-20-22(13-17)28-26(33)31(25(20)32)14-18-5-3-4-6-21(18)27/h3-8,10-11,15,17,20,22H,9,12-14H2,1-2H3,(H,28,33). The molecule has 3 atom stereocenters. The Labute approximate surface area is 202 Å². The maximum absolute atomic E-state index is 14.1. The highest BCUT2D eigenvalue weighted by atomic mass is 19.1. The molecule has 0 radical (unpaired) electrons. The number of hydrogen-bond donors (Lipinski definition) is 1. The summed E-state index contributed by atoms with van der Waals surface area (Å²) in [7, 11) is 0. The quantitative estimate of drug-likeness (QED) is 0.553. The van der Waals surface area contributed by atoms with Gasteiger partial charge >= 0.3 is 6.03 Å². The highest BCUT2D eigenvalue weighted by Gasteiger charge is 2.45. The van der Waals surface area contributed by atoms with E-state index in [1.807, 2.05) is 38.1 Å². The van der Waals surface area contributed by atoms with Gasteiger partial charge in [0.05, 0.1) is 18.6 Å². The van der Waals surface area contributed by atoms with Crippen LogP contribution in [0.5, 0.6) is 5.75 Å². The zero-order chi connectivity index (χ0) is 24.5. The van der Waals surface area contributed by atoms with Gasteiger partial charge < -0.3 is 14.6 Å². The zero-order valence-electron chi connectivity index (χ0n) is 19.6. The first kappa shape index (κ1) is 23.0. The molecule has 0 spiro atoms. The summed E-state index contributed by atoms with van der Waals surface area (Å²) < 4.78 is 25.3. The van der Waals surface area contributed by atoms with E-state index in [1.54, 1.807) is 18.2 Å². The Bertz CT molecular complexity index is 1230. The van der Waals surface area contributed by atoms with E-state index in [0.29, 0.717) is 36.5 Å². The number of urea groups is 1. The van der Waals surface area contributed by atoms with Crippen LogP contribution >= 0.6 is 0 Å². The molecule has 3 unspecified atom stereocenters. The molecule has 1 saturated heterocycles. The third-order valence-corrected chi connectivity index (χ3v) is 6.55. The molecule has 2 aliphatic rings. The third kappa shape index (κ3) is 4.76. The molecule has 3 aromatic rings. The number of carbonyl (C=O) groups excluding carboxylic acids is 2. The van der Waals surface area contributed by atoms with Crippen LogP contribution in [-0.4, -0.2) is 39.1 Å². The first-order valence-electron chi connectivity index (χ1n) is 11.8. The first-order valence-corrected chi connectivity index (χ1v) is 11.8. The summed E-state index contributed by atoms with van der Waals surface area (Å²) in [5, 5.41) is 7.07. The van der Waals surface area contributed by atoms with E-state index in [1.165, 1.54) is 6.07 Å². The normalized spacial score (nSPS) is 22.2. The number of benzene rings is 2. The Balaban J connectivity index is 1.25. The van der Waals surface area contributed by atoms with Crippen LogP contribution in [0, 0.1) is 11.7 Å². The van der Waals surface area contributed by atoms with Crippen molar-refractivity contribution in [3.05, 3.63) is 65.8 Å². The van der Waals surface area contributed by atoms with Crippen LogP contribution < -0.4 is 10.1 Å². The second-order valence-electron chi connectivity index (χ2n) is 9.34. The van der Waals surface area contributed by atoms with Gasteiger partial charge in [-0.25, -0.2) is 9.18 Å². The highest BCUT2D eigenvalue weighted by Crippen LogP contribution is 2.38. The van der Waals surface area contributed by atoms with Gasteiger partial charge in [0.1, 0.15) is 11.6 Å². The van der Waals surface area contributed by atoms with E-state index in [4.69, 9.17) is 9.26 Å². The number of fused-ring (bicyclic) bond motifs is 1. The number of carbonyl (C=O) groups is 2. The average Bonchev–Trinajstić information content (AvgIpc) is 3.33. The summed E-state index contributed by atoms with van der Waals surface area (Å²) >= 11 is 0. The lowest BCUT2D eigenvalue weighted by molar-refractivity contribution is -0.137. The van der Waals surface area contributed by atoms with E-state index in [9.17, 15) is 14.0 Å². The average molecular weight is 479 g/mol. The number of aromatic nitrogens is 2. The van der Waals surface area contributed by atoms with E-state index in [0.717, 1.165) is 16.2 Å². The number of nitrogens with one attached hydrogen (secondary N) is 1. The molecule has 8 nitrogen and oxygen atoms in total. The van der Waals surface area contributed by atoms with Crippen molar-refractivity contribution in [3.63, 3.8) is 0 Å². The molecule has 1 aliphatic heterocycles. The van der Waals surface area contributed by atoms with Gasteiger partial charge in [0.2, 0.25) is 17.6 Å². The lowest BCUT2D eigenvalue weighted by atomic mass is 9.76. The van der Waals surface area contributed by atoms with Crippen LogP contribution in [0.2, 0.25) is 0 Å². The van der Waals surface area contributed by atoms with Gasteiger partial charge in [0, 0.05) is 23.1 Å². The number of nitrogens with zero attached hydrogens (tertiary/aromatic N) is 3. The summed E-state index contributed by atoms with van der Waals surface area (Å²) in [5.74, 6) is 0.629. The van der Waals surface area contributed by atoms with Crippen molar-refractivity contribution in [1.29, 1.82) is 0 Å². The second kappa shape index (κ2) is 9.48. The number of halogens is 1. The first-order chi connectivity index (χ1) is 16.9. The van der Waals surface area contributed by atoms with Crippen LogP contribution in [0.4, 0.5) is 9.18 Å². The van der Waals surface area contributed by atoms with Gasteiger partial charge in [0.25, 0.3) is 0 Å². The SMILES string of the molecule is CC(C)Oc1ccc(-c2noc(C3CCC4C(=O)N(Cc5ccccc5F)C(=O)NC4C3)n2)cc1. The number of ether oxygens (including phenoxy) is 1. The Morgan fingerprint density at radius 3 is 2.66 bits per heavy atom. The minimum Gasteiger partial charge on any atom is -0.491 e. The number of imide groups is 1. The predicted octanol–water partition coefficient (Wildman–Crippen LogP) is 4.67. The molecule has 9 heteroatoms. The van der Waals surface area contributed by atoms with Gasteiger partial charge in [-0.2, -0.15) is 4.98 Å². The molecule has 2 aromatic carbocycles. The molecular formula is C26H27FN4O4. The fraction of sp³-hybridized carbons (Fsp3) is 0.385. The smallest absolute Gasteiger partial charge is 0.324 e. The summed E-state index contributed by atoms with van der Waals surface area (Å²) in [6, 6.07) is 12.8. The maximum atomic E-state index is 14.1.